The smallest absolute Gasteiger partial charge is 0.0757 e. The van der Waals surface area contributed by atoms with Crippen LogP contribution in [-0.4, -0.2) is 47.4 Å². The van der Waals surface area contributed by atoms with Gasteiger partial charge in [0.15, 0.2) is 0 Å². The molecule has 1 heterocycles. The summed E-state index contributed by atoms with van der Waals surface area (Å²) in [4.78, 5) is 2.49. The molecule has 1 N–H and O–H groups in total. The number of ether oxygens (including phenoxy) is 1. The zero-order valence-electron chi connectivity index (χ0n) is 13.3. The van der Waals surface area contributed by atoms with Crippen molar-refractivity contribution in [1.29, 1.82) is 0 Å². The molecule has 1 aliphatic heterocycles. The van der Waals surface area contributed by atoms with Crippen LogP contribution in [0.15, 0.2) is 0 Å². The Balaban J connectivity index is 1.97. The zero-order chi connectivity index (χ0) is 14.3. The van der Waals surface area contributed by atoms with E-state index in [1.54, 1.807) is 0 Å². The molecule has 0 amide bonds. The molecule has 0 aromatic heterocycles. The number of nitrogens with zero attached hydrogens (tertiary/aromatic N) is 1. The van der Waals surface area contributed by atoms with Crippen molar-refractivity contribution in [3.05, 3.63) is 0 Å². The Hall–Kier alpha value is -0.120. The molecule has 3 heteroatoms. The topological polar surface area (TPSA) is 32.7 Å². The van der Waals surface area contributed by atoms with Crippen molar-refractivity contribution in [3.8, 4) is 0 Å². The van der Waals surface area contributed by atoms with Crippen LogP contribution in [0.5, 0.6) is 0 Å². The van der Waals surface area contributed by atoms with Gasteiger partial charge in [-0.15, -0.1) is 0 Å². The summed E-state index contributed by atoms with van der Waals surface area (Å²) in [6, 6.07) is 0. The van der Waals surface area contributed by atoms with Gasteiger partial charge in [-0.3, -0.25) is 4.90 Å². The molecule has 0 bridgehead atoms. The van der Waals surface area contributed by atoms with Crippen LogP contribution >= 0.6 is 0 Å². The summed E-state index contributed by atoms with van der Waals surface area (Å²) in [5.74, 6) is 0.421. The molecule has 0 aromatic rings. The first-order chi connectivity index (χ1) is 8.70. The predicted molar refractivity (Wildman–Crippen MR) is 78.2 cm³/mol. The van der Waals surface area contributed by atoms with Crippen molar-refractivity contribution in [2.24, 2.45) is 11.3 Å². The van der Waals surface area contributed by atoms with Crippen molar-refractivity contribution in [2.75, 3.05) is 19.6 Å². The van der Waals surface area contributed by atoms with E-state index >= 15 is 0 Å². The van der Waals surface area contributed by atoms with E-state index in [0.29, 0.717) is 5.92 Å². The van der Waals surface area contributed by atoms with Crippen molar-refractivity contribution < 1.29 is 9.84 Å². The van der Waals surface area contributed by atoms with Crippen molar-refractivity contribution in [1.82, 2.24) is 4.90 Å². The molecule has 112 valence electrons. The average Bonchev–Trinajstić information content (AvgIpc) is 2.21. The van der Waals surface area contributed by atoms with Crippen LogP contribution < -0.4 is 0 Å². The Bertz CT molecular complexity index is 314. The number of hydrogen-bond acceptors (Lipinski definition) is 3. The van der Waals surface area contributed by atoms with Gasteiger partial charge in [-0.2, -0.15) is 0 Å². The van der Waals surface area contributed by atoms with Crippen LogP contribution in [0.25, 0.3) is 0 Å². The molecule has 3 atom stereocenters. The molecule has 1 aliphatic carbocycles. The molecular weight excluding hydrogens is 238 g/mol. The van der Waals surface area contributed by atoms with Crippen molar-refractivity contribution in [3.63, 3.8) is 0 Å². The lowest BCUT2D eigenvalue weighted by atomic mass is 9.69. The second-order valence-corrected chi connectivity index (χ2v) is 7.97. The molecule has 2 aliphatic rings. The molecule has 2 fully saturated rings. The van der Waals surface area contributed by atoms with Crippen molar-refractivity contribution >= 4 is 0 Å². The number of morpholine rings is 1. The average molecular weight is 269 g/mol. The first-order valence-electron chi connectivity index (χ1n) is 7.78. The van der Waals surface area contributed by atoms with Gasteiger partial charge in [0.25, 0.3) is 0 Å². The lowest BCUT2D eigenvalue weighted by Crippen LogP contribution is -2.54. The molecular formula is C16H31NO2. The fourth-order valence-corrected chi connectivity index (χ4v) is 4.01. The molecule has 0 radical (unpaired) electrons. The van der Waals surface area contributed by atoms with E-state index in [1.807, 2.05) is 0 Å². The summed E-state index contributed by atoms with van der Waals surface area (Å²) in [5, 5.41) is 10.6. The summed E-state index contributed by atoms with van der Waals surface area (Å²) in [6.45, 7) is 13.9. The molecule has 3 unspecified atom stereocenters. The third-order valence-corrected chi connectivity index (χ3v) is 4.78. The van der Waals surface area contributed by atoms with E-state index in [0.717, 1.165) is 32.5 Å². The molecule has 0 spiro atoms. The first-order valence-corrected chi connectivity index (χ1v) is 7.78. The third kappa shape index (κ3) is 3.71. The monoisotopic (exact) mass is 269 g/mol. The molecule has 2 rings (SSSR count). The first kappa shape index (κ1) is 15.3. The summed E-state index contributed by atoms with van der Waals surface area (Å²) < 4.78 is 5.96. The van der Waals surface area contributed by atoms with Crippen LogP contribution in [0.3, 0.4) is 0 Å². The normalized spacial score (nSPS) is 39.2. The van der Waals surface area contributed by atoms with Crippen LogP contribution in [0.1, 0.15) is 53.9 Å². The standard InChI is InChI=1S/C16H31NO2/c1-12-9-17(11-16(4,5)19-12)10-13-7-6-8-15(2,3)14(13)18/h12-14,18H,6-11H2,1-5H3. The Morgan fingerprint density at radius 2 is 1.95 bits per heavy atom. The number of aliphatic hydroxyl groups excluding tert-OH is 1. The van der Waals surface area contributed by atoms with Crippen LogP contribution in [0, 0.1) is 11.3 Å². The quantitative estimate of drug-likeness (QED) is 0.836. The minimum absolute atomic E-state index is 0.0627. The van der Waals surface area contributed by atoms with Gasteiger partial charge in [0.05, 0.1) is 17.8 Å². The molecule has 1 saturated carbocycles. The van der Waals surface area contributed by atoms with E-state index < -0.39 is 0 Å². The van der Waals surface area contributed by atoms with Crippen LogP contribution in [0.4, 0.5) is 0 Å². The molecule has 3 nitrogen and oxygen atoms in total. The number of hydrogen-bond donors (Lipinski definition) is 1. The van der Waals surface area contributed by atoms with E-state index in [9.17, 15) is 5.11 Å². The minimum atomic E-state index is -0.164. The fourth-order valence-electron chi connectivity index (χ4n) is 4.01. The van der Waals surface area contributed by atoms with Crippen LogP contribution in [0.2, 0.25) is 0 Å². The summed E-state index contributed by atoms with van der Waals surface area (Å²) in [6.07, 6.45) is 3.68. The van der Waals surface area contributed by atoms with Gasteiger partial charge in [0, 0.05) is 19.6 Å². The van der Waals surface area contributed by atoms with E-state index in [-0.39, 0.29) is 23.2 Å². The lowest BCUT2D eigenvalue weighted by molar-refractivity contribution is -0.138. The Kier molecular flexibility index (Phi) is 4.29. The Labute approximate surface area is 118 Å². The molecule has 1 saturated heterocycles. The maximum absolute atomic E-state index is 10.6. The predicted octanol–water partition coefficient (Wildman–Crippen LogP) is 2.67. The van der Waals surface area contributed by atoms with E-state index in [4.69, 9.17) is 4.74 Å². The van der Waals surface area contributed by atoms with Gasteiger partial charge < -0.3 is 9.84 Å². The number of rotatable bonds is 2. The maximum atomic E-state index is 10.6. The largest absolute Gasteiger partial charge is 0.392 e. The second-order valence-electron chi connectivity index (χ2n) is 7.97. The molecule has 19 heavy (non-hydrogen) atoms. The summed E-state index contributed by atoms with van der Waals surface area (Å²) >= 11 is 0. The van der Waals surface area contributed by atoms with Gasteiger partial charge in [0.1, 0.15) is 0 Å². The number of aliphatic hydroxyl groups is 1. The highest BCUT2D eigenvalue weighted by atomic mass is 16.5. The van der Waals surface area contributed by atoms with Gasteiger partial charge in [0.2, 0.25) is 0 Å². The van der Waals surface area contributed by atoms with E-state index in [1.165, 1.54) is 6.42 Å². The fraction of sp³-hybridized carbons (Fsp3) is 1.00. The Morgan fingerprint density at radius 3 is 2.58 bits per heavy atom. The zero-order valence-corrected chi connectivity index (χ0v) is 13.3. The Morgan fingerprint density at radius 1 is 1.26 bits per heavy atom. The van der Waals surface area contributed by atoms with Gasteiger partial charge >= 0.3 is 0 Å². The van der Waals surface area contributed by atoms with E-state index in [2.05, 4.69) is 39.5 Å². The summed E-state index contributed by atoms with van der Waals surface area (Å²) in [5.41, 5.74) is 0.0170. The highest BCUT2D eigenvalue weighted by molar-refractivity contribution is 4.91. The SMILES string of the molecule is CC1CN(CC2CCCC(C)(C)C2O)CC(C)(C)O1. The molecule has 0 aromatic carbocycles. The van der Waals surface area contributed by atoms with Crippen LogP contribution in [-0.2, 0) is 4.74 Å². The van der Waals surface area contributed by atoms with Gasteiger partial charge in [-0.25, -0.2) is 0 Å². The summed E-state index contributed by atoms with van der Waals surface area (Å²) in [7, 11) is 0. The second kappa shape index (κ2) is 5.34. The maximum Gasteiger partial charge on any atom is 0.0757 e. The minimum Gasteiger partial charge on any atom is -0.392 e. The highest BCUT2D eigenvalue weighted by Crippen LogP contribution is 2.39. The van der Waals surface area contributed by atoms with Crippen molar-refractivity contribution in [2.45, 2.75) is 71.7 Å². The lowest BCUT2D eigenvalue weighted by Gasteiger charge is -2.46. The third-order valence-electron chi connectivity index (χ3n) is 4.78. The van der Waals surface area contributed by atoms with Gasteiger partial charge in [-0.05, 0) is 44.9 Å². The highest BCUT2D eigenvalue weighted by Gasteiger charge is 2.40. The van der Waals surface area contributed by atoms with Gasteiger partial charge in [-0.1, -0.05) is 20.3 Å².